The fourth-order valence-corrected chi connectivity index (χ4v) is 14.1. The van der Waals surface area contributed by atoms with E-state index in [9.17, 15) is 39.3 Å². The Morgan fingerprint density at radius 1 is 0.607 bits per heavy atom. The lowest BCUT2D eigenvalue weighted by Gasteiger charge is -2.31. The fourth-order valence-electron chi connectivity index (χ4n) is 10.2. The van der Waals surface area contributed by atoms with Gasteiger partial charge in [0, 0.05) is 53.5 Å². The van der Waals surface area contributed by atoms with Crippen molar-refractivity contribution in [3.05, 3.63) is 192 Å². The number of carbonyl (C=O) groups is 5. The summed E-state index contributed by atoms with van der Waals surface area (Å²) in [5, 5.41) is 30.1. The molecule has 576 valence electrons. The number of rotatable bonds is 11. The number of hydrogen-bond acceptors (Lipinski definition) is 17. The predicted octanol–water partition coefficient (Wildman–Crippen LogP) is 16.2. The van der Waals surface area contributed by atoms with Crippen LogP contribution in [0.5, 0.6) is 0 Å². The van der Waals surface area contributed by atoms with Crippen molar-refractivity contribution >= 4 is 92.4 Å². The number of benzene rings is 4. The monoisotopic (exact) mass is 1640 g/mol. The standard InChI is InChI=1S/C26H34N2O4S.C19H20N2OS.C17H21NO2.C12H16O.C6H12NS2.C5H7NO2.HI/c1-8-31-23(29)21(17-27)20(18-10-12-19(13-11-18)25(2,3)4)16-22-28(14-9-15-33-22)24(30)32-26(5,6)7;1-19(2,3)14-7-5-13(6-8-14)15-11-17-21(9-4-10-23-17)18(22)16(15)12-20;1-6-20-16(19)15(11-18)12(2)13-7-9-14(10-8-13)17(3,4)5;1-9(13)10-5-7-11(8-6-10)12(2,3)4;1-7-4-3-5-9-6(7)8-2;1-3-8-5(7)4-6-2;/h10-13,16H,8-9,14-15H2,1-7H3;5-8,11H,4,9-10H2,1-3H3;7-10H,6H2,1-5H3;5-8H,1-4H3;3-5H2,1-2H3;3-4H2,1H3;1H/q;;;;+1;;/p-1/b21-20+,22-16-;;15-12+;;;;. The molecule has 1 saturated heterocycles. The third-order valence-corrected chi connectivity index (χ3v) is 21.0. The first-order valence-electron chi connectivity index (χ1n) is 35.6. The first-order valence-corrected chi connectivity index (χ1v) is 39.8. The van der Waals surface area contributed by atoms with E-state index in [0.717, 1.165) is 57.2 Å². The zero-order valence-electron chi connectivity index (χ0n) is 66.8. The lowest BCUT2D eigenvalue weighted by atomic mass is 9.86. The second-order valence-electron chi connectivity index (χ2n) is 29.9. The maximum absolute atomic E-state index is 12.8. The van der Waals surface area contributed by atoms with Crippen LogP contribution in [0.15, 0.2) is 135 Å². The smallest absolute Gasteiger partial charge is 0.415 e. The topological polar surface area (TPSA) is 226 Å². The summed E-state index contributed by atoms with van der Waals surface area (Å²) in [5.41, 5.74) is 9.67. The van der Waals surface area contributed by atoms with Gasteiger partial charge >= 0.3 is 30.5 Å². The molecule has 0 saturated carbocycles. The average Bonchev–Trinajstić information content (AvgIpc) is 0.781. The molecule has 17 nitrogen and oxygen atoms in total. The van der Waals surface area contributed by atoms with Crippen LogP contribution in [0.3, 0.4) is 0 Å². The summed E-state index contributed by atoms with van der Waals surface area (Å²) >= 11 is 7.03. The number of amides is 1. The molecule has 0 atom stereocenters. The minimum absolute atomic E-state index is 0. The SMILES string of the molecule is CC(=O)c1ccc(C(C)(C)C)cc1.CC(C)(C)c1ccc(-c2cc3n(c(=O)c2C#N)CCCS3)cc1.CCOC(=O)/C(C#N)=C(\C)c1ccc(C(C)(C)C)cc1.CCOC(=O)/C(C#N)=C(\C=C1/SCCCN1C(=O)OC(C)(C)C)c1ccc(C(C)(C)C)cc1.CSC1=[N+](C)CCCS1.[C-]#[N+]CC(=O)OCC.[I-]. The molecule has 8 rings (SSSR count). The molecule has 1 aromatic heterocycles. The average molecular weight is 1650 g/mol. The third-order valence-electron chi connectivity index (χ3n) is 16.2. The van der Waals surface area contributed by atoms with Gasteiger partial charge in [-0.2, -0.15) is 15.8 Å². The molecule has 4 heterocycles. The second-order valence-corrected chi connectivity index (χ2v) is 34.3. The van der Waals surface area contributed by atoms with Crippen molar-refractivity contribution < 1.29 is 71.5 Å². The van der Waals surface area contributed by atoms with Gasteiger partial charge in [0.05, 0.1) is 29.9 Å². The number of nitriles is 3. The first kappa shape index (κ1) is 95.2. The summed E-state index contributed by atoms with van der Waals surface area (Å²) < 4.78 is 25.6. The number of Topliss-reactive ketones (excluding diaryl/α,β-unsaturated/α-hetero) is 1. The summed E-state index contributed by atoms with van der Waals surface area (Å²) in [6.07, 6.45) is 6.56. The van der Waals surface area contributed by atoms with Gasteiger partial charge in [-0.15, -0.1) is 23.5 Å². The Morgan fingerprint density at radius 3 is 1.46 bits per heavy atom. The molecule has 1 amide bonds. The maximum atomic E-state index is 12.8. The highest BCUT2D eigenvalue weighted by Crippen LogP contribution is 2.36. The van der Waals surface area contributed by atoms with E-state index < -0.39 is 29.6 Å². The summed E-state index contributed by atoms with van der Waals surface area (Å²) in [7, 11) is 2.16. The zero-order chi connectivity index (χ0) is 79.9. The molecule has 0 radical (unpaired) electrons. The largest absolute Gasteiger partial charge is 1.00 e. The molecule has 22 heteroatoms. The molecule has 0 spiro atoms. The van der Waals surface area contributed by atoms with E-state index in [-0.39, 0.29) is 93.4 Å². The summed E-state index contributed by atoms with van der Waals surface area (Å²) in [5.74, 6) is 1.59. The van der Waals surface area contributed by atoms with Crippen LogP contribution in [-0.2, 0) is 61.5 Å². The van der Waals surface area contributed by atoms with E-state index in [1.165, 1.54) is 51.5 Å². The Kier molecular flexibility index (Phi) is 40.2. The fraction of sp³-hybridized carbons (Fsp3) is 0.471. The molecule has 3 aliphatic rings. The van der Waals surface area contributed by atoms with Crippen LogP contribution in [-0.4, -0.2) is 124 Å². The number of carbonyl (C=O) groups excluding carboxylic acids is 5. The van der Waals surface area contributed by atoms with Gasteiger partial charge in [-0.3, -0.25) is 14.5 Å². The van der Waals surface area contributed by atoms with Gasteiger partial charge in [-0.25, -0.2) is 30.3 Å². The van der Waals surface area contributed by atoms with Crippen molar-refractivity contribution in [1.29, 1.82) is 15.8 Å². The van der Waals surface area contributed by atoms with Crippen molar-refractivity contribution in [2.45, 2.75) is 197 Å². The lowest BCUT2D eigenvalue weighted by Crippen LogP contribution is -3.00. The van der Waals surface area contributed by atoms with Gasteiger partial charge in [-0.1, -0.05) is 192 Å². The molecule has 0 bridgehead atoms. The van der Waals surface area contributed by atoms with Gasteiger partial charge in [0.25, 0.3) is 9.94 Å². The number of halogens is 1. The third kappa shape index (κ3) is 31.3. The number of allylic oxidation sites excluding steroid dienone is 3. The molecule has 4 aromatic carbocycles. The quantitative estimate of drug-likeness (QED) is 0.0175. The van der Waals surface area contributed by atoms with E-state index in [1.807, 2.05) is 147 Å². The molecule has 3 aliphatic heterocycles. The summed E-state index contributed by atoms with van der Waals surface area (Å²) in [4.78, 5) is 75.4. The van der Waals surface area contributed by atoms with Gasteiger partial charge < -0.3 is 52.3 Å². The molecule has 0 N–H and O–H groups in total. The Hall–Kier alpha value is -7.84. The maximum Gasteiger partial charge on any atom is 0.415 e. The highest BCUT2D eigenvalue weighted by Gasteiger charge is 2.30. The van der Waals surface area contributed by atoms with Crippen LogP contribution in [0.4, 0.5) is 4.79 Å². The van der Waals surface area contributed by atoms with Crippen molar-refractivity contribution in [2.24, 2.45) is 0 Å². The van der Waals surface area contributed by atoms with Crippen LogP contribution in [0.2, 0.25) is 0 Å². The van der Waals surface area contributed by atoms with Gasteiger partial charge in [0.15, 0.2) is 5.78 Å². The number of ether oxygens (including phenoxy) is 4. The van der Waals surface area contributed by atoms with Gasteiger partial charge in [-0.05, 0) is 165 Å². The van der Waals surface area contributed by atoms with Crippen LogP contribution in [0.1, 0.15) is 207 Å². The minimum Gasteiger partial charge on any atom is -1.00 e. The highest BCUT2D eigenvalue weighted by molar-refractivity contribution is 8.38. The normalized spacial score (nSPS) is 14.2. The number of hydrogen-bond donors (Lipinski definition) is 0. The first-order chi connectivity index (χ1) is 49.6. The Balaban J connectivity index is 0.000000464. The number of pyridine rings is 1. The number of fused-ring (bicyclic) bond motifs is 1. The van der Waals surface area contributed by atoms with Crippen LogP contribution in [0, 0.1) is 40.6 Å². The Morgan fingerprint density at radius 2 is 1.05 bits per heavy atom. The van der Waals surface area contributed by atoms with E-state index in [1.54, 1.807) is 61.9 Å². The highest BCUT2D eigenvalue weighted by atomic mass is 127. The number of thioether (sulfide) groups is 4. The number of ketones is 1. The predicted molar refractivity (Wildman–Crippen MR) is 437 cm³/mol. The van der Waals surface area contributed by atoms with E-state index >= 15 is 0 Å². The van der Waals surface area contributed by atoms with Crippen molar-refractivity contribution in [1.82, 2.24) is 9.47 Å². The van der Waals surface area contributed by atoms with Crippen LogP contribution >= 0.6 is 47.0 Å². The van der Waals surface area contributed by atoms with E-state index in [4.69, 9.17) is 26.0 Å². The van der Waals surface area contributed by atoms with Crippen molar-refractivity contribution in [2.75, 3.05) is 70.0 Å². The van der Waals surface area contributed by atoms with Crippen molar-refractivity contribution in [3.63, 3.8) is 0 Å². The second kappa shape index (κ2) is 45.2. The molecule has 107 heavy (non-hydrogen) atoms. The van der Waals surface area contributed by atoms with Gasteiger partial charge in [0.1, 0.15) is 54.1 Å². The Labute approximate surface area is 671 Å². The summed E-state index contributed by atoms with van der Waals surface area (Å²) in [6.45, 7) is 49.1. The molecular formula is C85H110IN7O10S4. The number of esters is 3. The molecule has 0 aliphatic carbocycles. The van der Waals surface area contributed by atoms with Crippen LogP contribution < -0.4 is 29.5 Å². The number of nitrogens with zero attached hydrogens (tertiary/aromatic N) is 7. The van der Waals surface area contributed by atoms with Gasteiger partial charge in [0.2, 0.25) is 0 Å². The summed E-state index contributed by atoms with van der Waals surface area (Å²) in [6, 6.07) is 39.8. The lowest BCUT2D eigenvalue weighted by molar-refractivity contribution is -0.492. The molecular weight excluding hydrogens is 1530 g/mol. The van der Waals surface area contributed by atoms with E-state index in [0.29, 0.717) is 41.4 Å². The minimum atomic E-state index is -0.684. The molecule has 0 unspecified atom stereocenters. The number of aromatic nitrogens is 1. The van der Waals surface area contributed by atoms with Crippen LogP contribution in [0.25, 0.3) is 27.1 Å². The van der Waals surface area contributed by atoms with Crippen molar-refractivity contribution in [3.8, 4) is 29.3 Å². The molecule has 5 aromatic rings. The Bertz CT molecular complexity index is 4190. The van der Waals surface area contributed by atoms with E-state index in [2.05, 4.69) is 129 Å². The molecule has 1 fully saturated rings. The zero-order valence-corrected chi connectivity index (χ0v) is 72.2.